The van der Waals surface area contributed by atoms with Gasteiger partial charge in [0.1, 0.15) is 0 Å². The number of amides is 2. The molecule has 0 unspecified atom stereocenters. The summed E-state index contributed by atoms with van der Waals surface area (Å²) < 4.78 is 0. The third-order valence-corrected chi connectivity index (χ3v) is 5.92. The predicted octanol–water partition coefficient (Wildman–Crippen LogP) is 1.52. The Hall–Kier alpha value is -2.06. The zero-order chi connectivity index (χ0) is 18.8. The van der Waals surface area contributed by atoms with Gasteiger partial charge in [-0.1, -0.05) is 12.1 Å². The summed E-state index contributed by atoms with van der Waals surface area (Å²) in [5.74, 6) is -0.620. The van der Waals surface area contributed by atoms with Crippen LogP contribution in [0.4, 0.5) is 0 Å². The largest absolute Gasteiger partial charge is 0.390 e. The lowest BCUT2D eigenvalue weighted by atomic mass is 10.1. The highest BCUT2D eigenvalue weighted by Gasteiger charge is 2.36. The SMILES string of the molecule is O=C1c2ccccc2C(=O)N1C[C@@H](O)CN1CCN(Cc2ccsc2)CC1. The molecule has 0 spiro atoms. The quantitative estimate of drug-likeness (QED) is 0.764. The van der Waals surface area contributed by atoms with E-state index in [1.165, 1.54) is 10.5 Å². The number of thiophene rings is 1. The van der Waals surface area contributed by atoms with Gasteiger partial charge < -0.3 is 5.11 Å². The van der Waals surface area contributed by atoms with Crippen molar-refractivity contribution in [2.45, 2.75) is 12.6 Å². The molecule has 2 aliphatic rings. The molecule has 2 aromatic rings. The first kappa shape index (κ1) is 18.3. The number of carbonyl (C=O) groups is 2. The number of piperazine rings is 1. The molecule has 2 amide bonds. The van der Waals surface area contributed by atoms with Crippen molar-refractivity contribution in [3.63, 3.8) is 0 Å². The summed E-state index contributed by atoms with van der Waals surface area (Å²) in [6, 6.07) is 8.98. The van der Waals surface area contributed by atoms with Crippen LogP contribution in [0.15, 0.2) is 41.1 Å². The third-order valence-electron chi connectivity index (χ3n) is 5.19. The zero-order valence-corrected chi connectivity index (χ0v) is 15.9. The molecule has 0 radical (unpaired) electrons. The molecule has 3 heterocycles. The number of imide groups is 1. The fourth-order valence-electron chi connectivity index (χ4n) is 3.74. The first-order valence-corrected chi connectivity index (χ1v) is 10.1. The van der Waals surface area contributed by atoms with Crippen LogP contribution in [-0.4, -0.2) is 77.0 Å². The second-order valence-corrected chi connectivity index (χ2v) is 7.91. The number of aliphatic hydroxyl groups excluding tert-OH is 1. The molecule has 4 rings (SSSR count). The van der Waals surface area contributed by atoms with Gasteiger partial charge >= 0.3 is 0 Å². The minimum atomic E-state index is -0.740. The molecule has 1 atom stereocenters. The standard InChI is InChI=1S/C20H23N3O3S/c24-16(13-23-19(25)17-3-1-2-4-18(17)20(23)26)12-22-8-6-21(7-9-22)11-15-5-10-27-14-15/h1-5,10,14,16,24H,6-9,11-13H2/t16-/m0/s1. The average Bonchev–Trinajstić information content (AvgIpc) is 3.27. The normalized spacial score (nSPS) is 19.5. The lowest BCUT2D eigenvalue weighted by molar-refractivity contribution is 0.0393. The van der Waals surface area contributed by atoms with Gasteiger partial charge in [0.05, 0.1) is 23.8 Å². The van der Waals surface area contributed by atoms with E-state index in [-0.39, 0.29) is 18.4 Å². The molecule has 0 saturated carbocycles. The van der Waals surface area contributed by atoms with E-state index in [1.54, 1.807) is 35.6 Å². The molecular weight excluding hydrogens is 362 g/mol. The fourth-order valence-corrected chi connectivity index (χ4v) is 4.40. The molecule has 2 aliphatic heterocycles. The lowest BCUT2D eigenvalue weighted by Gasteiger charge is -2.35. The number of hydrogen-bond donors (Lipinski definition) is 1. The summed E-state index contributed by atoms with van der Waals surface area (Å²) in [5.41, 5.74) is 2.20. The first-order valence-electron chi connectivity index (χ1n) is 9.21. The molecule has 27 heavy (non-hydrogen) atoms. The van der Waals surface area contributed by atoms with Gasteiger partial charge in [-0.25, -0.2) is 0 Å². The van der Waals surface area contributed by atoms with Crippen LogP contribution < -0.4 is 0 Å². The van der Waals surface area contributed by atoms with Gasteiger partial charge in [0.2, 0.25) is 0 Å². The molecule has 0 bridgehead atoms. The number of fused-ring (bicyclic) bond motifs is 1. The van der Waals surface area contributed by atoms with E-state index in [2.05, 4.69) is 26.6 Å². The summed E-state index contributed by atoms with van der Waals surface area (Å²) in [7, 11) is 0. The van der Waals surface area contributed by atoms with Crippen LogP contribution in [-0.2, 0) is 6.54 Å². The number of nitrogens with zero attached hydrogens (tertiary/aromatic N) is 3. The highest BCUT2D eigenvalue weighted by Crippen LogP contribution is 2.22. The van der Waals surface area contributed by atoms with E-state index >= 15 is 0 Å². The fraction of sp³-hybridized carbons (Fsp3) is 0.400. The zero-order valence-electron chi connectivity index (χ0n) is 15.1. The summed E-state index contributed by atoms with van der Waals surface area (Å²) in [5, 5.41) is 14.7. The topological polar surface area (TPSA) is 64.1 Å². The maximum absolute atomic E-state index is 12.4. The molecule has 0 aliphatic carbocycles. The monoisotopic (exact) mass is 385 g/mol. The molecule has 7 heteroatoms. The Kier molecular flexibility index (Phi) is 5.36. The van der Waals surface area contributed by atoms with Gasteiger partial charge in [-0.05, 0) is 34.5 Å². The van der Waals surface area contributed by atoms with E-state index in [4.69, 9.17) is 0 Å². The average molecular weight is 385 g/mol. The van der Waals surface area contributed by atoms with Crippen molar-refractivity contribution >= 4 is 23.2 Å². The predicted molar refractivity (Wildman–Crippen MR) is 104 cm³/mol. The minimum Gasteiger partial charge on any atom is -0.390 e. The number of benzene rings is 1. The van der Waals surface area contributed by atoms with Crippen molar-refractivity contribution < 1.29 is 14.7 Å². The Morgan fingerprint density at radius 3 is 2.15 bits per heavy atom. The van der Waals surface area contributed by atoms with Gasteiger partial charge in [-0.15, -0.1) is 0 Å². The van der Waals surface area contributed by atoms with Crippen LogP contribution in [0.3, 0.4) is 0 Å². The lowest BCUT2D eigenvalue weighted by Crippen LogP contribution is -2.50. The number of rotatable bonds is 6. The van der Waals surface area contributed by atoms with Crippen LogP contribution >= 0.6 is 11.3 Å². The van der Waals surface area contributed by atoms with Gasteiger partial charge in [-0.3, -0.25) is 24.3 Å². The second-order valence-electron chi connectivity index (χ2n) is 7.13. The minimum absolute atomic E-state index is 0.0431. The second kappa shape index (κ2) is 7.90. The van der Waals surface area contributed by atoms with Crippen LogP contribution in [0, 0.1) is 0 Å². The maximum Gasteiger partial charge on any atom is 0.261 e. The maximum atomic E-state index is 12.4. The number of β-amino-alcohol motifs (C(OH)–C–C–N with tert-alkyl or cyclic N) is 1. The van der Waals surface area contributed by atoms with E-state index in [0.717, 1.165) is 32.7 Å². The molecule has 1 aromatic heterocycles. The third kappa shape index (κ3) is 3.96. The van der Waals surface area contributed by atoms with Crippen molar-refractivity contribution in [2.75, 3.05) is 39.3 Å². The summed E-state index contributed by atoms with van der Waals surface area (Å²) in [6.45, 7) is 5.15. The first-order chi connectivity index (χ1) is 13.1. The Balaban J connectivity index is 1.26. The summed E-state index contributed by atoms with van der Waals surface area (Å²) >= 11 is 1.72. The van der Waals surface area contributed by atoms with Crippen molar-refractivity contribution in [3.05, 3.63) is 57.8 Å². The molecular formula is C20H23N3O3S. The summed E-state index contributed by atoms with van der Waals surface area (Å²) in [6.07, 6.45) is -0.740. The van der Waals surface area contributed by atoms with Crippen molar-refractivity contribution in [2.24, 2.45) is 0 Å². The Bertz CT molecular complexity index is 781. The number of carbonyl (C=O) groups excluding carboxylic acids is 2. The molecule has 142 valence electrons. The Morgan fingerprint density at radius 1 is 0.926 bits per heavy atom. The Labute approximate surface area is 162 Å². The van der Waals surface area contributed by atoms with Crippen LogP contribution in [0.2, 0.25) is 0 Å². The molecule has 1 fully saturated rings. The molecule has 1 saturated heterocycles. The molecule has 1 N–H and O–H groups in total. The smallest absolute Gasteiger partial charge is 0.261 e. The molecule has 1 aromatic carbocycles. The highest BCUT2D eigenvalue weighted by atomic mass is 32.1. The van der Waals surface area contributed by atoms with E-state index in [1.807, 2.05) is 0 Å². The van der Waals surface area contributed by atoms with E-state index < -0.39 is 6.10 Å². The highest BCUT2D eigenvalue weighted by molar-refractivity contribution is 7.07. The van der Waals surface area contributed by atoms with Gasteiger partial charge in [0.15, 0.2) is 0 Å². The van der Waals surface area contributed by atoms with E-state index in [9.17, 15) is 14.7 Å². The number of hydrogen-bond acceptors (Lipinski definition) is 6. The van der Waals surface area contributed by atoms with Crippen molar-refractivity contribution in [3.8, 4) is 0 Å². The van der Waals surface area contributed by atoms with Crippen LogP contribution in [0.25, 0.3) is 0 Å². The molecule has 6 nitrogen and oxygen atoms in total. The van der Waals surface area contributed by atoms with Crippen molar-refractivity contribution in [1.82, 2.24) is 14.7 Å². The van der Waals surface area contributed by atoms with Crippen LogP contribution in [0.5, 0.6) is 0 Å². The van der Waals surface area contributed by atoms with Crippen molar-refractivity contribution in [1.29, 1.82) is 0 Å². The van der Waals surface area contributed by atoms with Gasteiger partial charge in [-0.2, -0.15) is 11.3 Å². The Morgan fingerprint density at radius 2 is 1.56 bits per heavy atom. The van der Waals surface area contributed by atoms with Crippen LogP contribution in [0.1, 0.15) is 26.3 Å². The number of aliphatic hydroxyl groups is 1. The van der Waals surface area contributed by atoms with Gasteiger partial charge in [0.25, 0.3) is 11.8 Å². The summed E-state index contributed by atoms with van der Waals surface area (Å²) in [4.78, 5) is 30.6. The van der Waals surface area contributed by atoms with E-state index in [0.29, 0.717) is 17.7 Å². The van der Waals surface area contributed by atoms with Gasteiger partial charge in [0, 0.05) is 39.3 Å².